The molecule has 6 heteroatoms. The van der Waals surface area contributed by atoms with Crippen LogP contribution in [0.15, 0.2) is 4.63 Å². The van der Waals surface area contributed by atoms with Crippen molar-refractivity contribution in [3.05, 3.63) is 5.69 Å². The molecule has 0 saturated heterocycles. The molecular formula is C9H14N4O2. The molecule has 1 aromatic heterocycles. The minimum atomic E-state index is -0.192. The van der Waals surface area contributed by atoms with Crippen molar-refractivity contribution in [2.24, 2.45) is 5.92 Å². The Labute approximate surface area is 87.4 Å². The van der Waals surface area contributed by atoms with Crippen molar-refractivity contribution in [3.8, 4) is 0 Å². The zero-order chi connectivity index (χ0) is 10.8. The second-order valence-electron chi connectivity index (χ2n) is 3.79. The fourth-order valence-corrected chi connectivity index (χ4v) is 1.46. The fraction of sp³-hybridized carbons (Fsp3) is 0.667. The van der Waals surface area contributed by atoms with Crippen molar-refractivity contribution < 1.29 is 9.42 Å². The first-order valence-electron chi connectivity index (χ1n) is 5.09. The molecule has 2 N–H and O–H groups in total. The largest absolute Gasteiger partial charge is 0.379 e. The minimum Gasteiger partial charge on any atom is -0.379 e. The molecule has 82 valence electrons. The van der Waals surface area contributed by atoms with Gasteiger partial charge in [-0.1, -0.05) is 0 Å². The number of nitrogen functional groups attached to an aromatic ring is 1. The van der Waals surface area contributed by atoms with Crippen LogP contribution < -0.4 is 5.73 Å². The molecule has 0 bridgehead atoms. The average molecular weight is 210 g/mol. The highest BCUT2D eigenvalue weighted by atomic mass is 16.6. The summed E-state index contributed by atoms with van der Waals surface area (Å²) in [5.74, 6) is 0.521. The lowest BCUT2D eigenvalue weighted by molar-refractivity contribution is 0.0746. The fourth-order valence-electron chi connectivity index (χ4n) is 1.46. The summed E-state index contributed by atoms with van der Waals surface area (Å²) in [6.07, 6.45) is 2.41. The number of rotatable bonds is 4. The lowest BCUT2D eigenvalue weighted by Gasteiger charge is -2.18. The van der Waals surface area contributed by atoms with Gasteiger partial charge in [0.15, 0.2) is 0 Å². The van der Waals surface area contributed by atoms with Crippen molar-refractivity contribution in [1.29, 1.82) is 0 Å². The van der Waals surface area contributed by atoms with Gasteiger partial charge < -0.3 is 10.6 Å². The molecule has 6 nitrogen and oxygen atoms in total. The number of amides is 1. The first kappa shape index (κ1) is 9.95. The summed E-state index contributed by atoms with van der Waals surface area (Å²) in [5.41, 5.74) is 5.59. The quantitative estimate of drug-likeness (QED) is 0.783. The molecule has 1 aliphatic carbocycles. The van der Waals surface area contributed by atoms with Crippen LogP contribution in [-0.2, 0) is 0 Å². The second kappa shape index (κ2) is 3.88. The van der Waals surface area contributed by atoms with Crippen LogP contribution in [0.2, 0.25) is 0 Å². The molecular weight excluding hydrogens is 196 g/mol. The molecule has 0 aromatic carbocycles. The van der Waals surface area contributed by atoms with E-state index in [-0.39, 0.29) is 17.4 Å². The van der Waals surface area contributed by atoms with Crippen molar-refractivity contribution in [2.45, 2.75) is 19.8 Å². The Bertz CT molecular complexity index is 359. The molecule has 0 unspecified atom stereocenters. The van der Waals surface area contributed by atoms with Gasteiger partial charge in [-0.3, -0.25) is 4.79 Å². The predicted molar refractivity (Wildman–Crippen MR) is 53.0 cm³/mol. The lowest BCUT2D eigenvalue weighted by atomic mass is 10.3. The molecule has 0 aliphatic heterocycles. The van der Waals surface area contributed by atoms with Gasteiger partial charge >= 0.3 is 0 Å². The van der Waals surface area contributed by atoms with Crippen molar-refractivity contribution >= 4 is 11.7 Å². The van der Waals surface area contributed by atoms with Gasteiger partial charge in [0.1, 0.15) is 0 Å². The highest BCUT2D eigenvalue weighted by Crippen LogP contribution is 2.30. The molecule has 2 rings (SSSR count). The Morgan fingerprint density at radius 3 is 2.80 bits per heavy atom. The van der Waals surface area contributed by atoms with E-state index < -0.39 is 0 Å². The maximum atomic E-state index is 11.9. The highest BCUT2D eigenvalue weighted by Gasteiger charge is 2.28. The van der Waals surface area contributed by atoms with E-state index in [4.69, 9.17) is 5.73 Å². The van der Waals surface area contributed by atoms with Crippen LogP contribution in [0, 0.1) is 5.92 Å². The number of carbonyl (C=O) groups excluding carboxylic acids is 1. The summed E-state index contributed by atoms with van der Waals surface area (Å²) in [5, 5.41) is 6.90. The van der Waals surface area contributed by atoms with E-state index in [1.807, 2.05) is 6.92 Å². The number of hydrogen-bond donors (Lipinski definition) is 1. The van der Waals surface area contributed by atoms with Gasteiger partial charge in [0.2, 0.25) is 11.5 Å². The molecule has 1 heterocycles. The van der Waals surface area contributed by atoms with Crippen LogP contribution >= 0.6 is 0 Å². The van der Waals surface area contributed by atoms with Gasteiger partial charge in [0.05, 0.1) is 0 Å². The first-order chi connectivity index (χ1) is 7.22. The maximum absolute atomic E-state index is 11.9. The minimum absolute atomic E-state index is 0.0641. The van der Waals surface area contributed by atoms with E-state index in [1.165, 1.54) is 12.8 Å². The standard InChI is InChI=1S/C9H14N4O2/c1-2-13(5-6-3-4-6)9(14)7-8(10)12-15-11-7/h6H,2-5H2,1H3,(H2,10,12). The molecule has 1 amide bonds. The average Bonchev–Trinajstić information content (AvgIpc) is 2.95. The van der Waals surface area contributed by atoms with E-state index >= 15 is 0 Å². The van der Waals surface area contributed by atoms with Gasteiger partial charge in [0.25, 0.3) is 5.91 Å². The zero-order valence-electron chi connectivity index (χ0n) is 8.64. The van der Waals surface area contributed by atoms with Crippen molar-refractivity contribution in [3.63, 3.8) is 0 Å². The molecule has 1 saturated carbocycles. The maximum Gasteiger partial charge on any atom is 0.280 e. The summed E-state index contributed by atoms with van der Waals surface area (Å²) < 4.78 is 4.41. The van der Waals surface area contributed by atoms with Crippen LogP contribution in [0.3, 0.4) is 0 Å². The Balaban J connectivity index is 2.07. The summed E-state index contributed by atoms with van der Waals surface area (Å²) in [7, 11) is 0. The van der Waals surface area contributed by atoms with Gasteiger partial charge in [-0.15, -0.1) is 0 Å². The molecule has 1 aliphatic rings. The van der Waals surface area contributed by atoms with E-state index in [1.54, 1.807) is 4.90 Å². The predicted octanol–water partition coefficient (Wildman–Crippen LogP) is 0.524. The van der Waals surface area contributed by atoms with E-state index in [2.05, 4.69) is 14.9 Å². The molecule has 1 aromatic rings. The van der Waals surface area contributed by atoms with E-state index in [0.717, 1.165) is 6.54 Å². The van der Waals surface area contributed by atoms with Crippen molar-refractivity contribution in [2.75, 3.05) is 18.8 Å². The topological polar surface area (TPSA) is 85.2 Å². The van der Waals surface area contributed by atoms with Crippen LogP contribution in [0.4, 0.5) is 5.82 Å². The van der Waals surface area contributed by atoms with Crippen LogP contribution in [0.25, 0.3) is 0 Å². The summed E-state index contributed by atoms with van der Waals surface area (Å²) >= 11 is 0. The number of nitrogens with zero attached hydrogens (tertiary/aromatic N) is 3. The Morgan fingerprint density at radius 2 is 2.33 bits per heavy atom. The number of hydrogen-bond acceptors (Lipinski definition) is 5. The van der Waals surface area contributed by atoms with E-state index in [0.29, 0.717) is 12.5 Å². The summed E-state index contributed by atoms with van der Waals surface area (Å²) in [6, 6.07) is 0. The van der Waals surface area contributed by atoms with Gasteiger partial charge in [-0.2, -0.15) is 0 Å². The zero-order valence-corrected chi connectivity index (χ0v) is 8.64. The third-order valence-electron chi connectivity index (χ3n) is 2.56. The molecule has 0 spiro atoms. The SMILES string of the molecule is CCN(CC1CC1)C(=O)c1nonc1N. The molecule has 15 heavy (non-hydrogen) atoms. The molecule has 1 fully saturated rings. The lowest BCUT2D eigenvalue weighted by Crippen LogP contribution is -2.33. The molecule has 0 radical (unpaired) electrons. The first-order valence-corrected chi connectivity index (χ1v) is 5.09. The van der Waals surface area contributed by atoms with Crippen LogP contribution in [-0.4, -0.2) is 34.2 Å². The Hall–Kier alpha value is -1.59. The van der Waals surface area contributed by atoms with E-state index in [9.17, 15) is 4.79 Å². The van der Waals surface area contributed by atoms with Crippen molar-refractivity contribution in [1.82, 2.24) is 15.2 Å². The van der Waals surface area contributed by atoms with Crippen LogP contribution in [0.1, 0.15) is 30.3 Å². The van der Waals surface area contributed by atoms with Gasteiger partial charge in [-0.05, 0) is 36.0 Å². The smallest absolute Gasteiger partial charge is 0.280 e. The normalized spacial score (nSPS) is 15.3. The second-order valence-corrected chi connectivity index (χ2v) is 3.79. The summed E-state index contributed by atoms with van der Waals surface area (Å²) in [4.78, 5) is 13.6. The monoisotopic (exact) mass is 210 g/mol. The molecule has 0 atom stereocenters. The van der Waals surface area contributed by atoms with Gasteiger partial charge in [-0.25, -0.2) is 4.63 Å². The Morgan fingerprint density at radius 1 is 1.60 bits per heavy atom. The summed E-state index contributed by atoms with van der Waals surface area (Å²) in [6.45, 7) is 3.37. The third kappa shape index (κ3) is 2.08. The highest BCUT2D eigenvalue weighted by molar-refractivity contribution is 5.96. The van der Waals surface area contributed by atoms with Crippen LogP contribution in [0.5, 0.6) is 0 Å². The van der Waals surface area contributed by atoms with Gasteiger partial charge in [0, 0.05) is 13.1 Å². The number of aromatic nitrogens is 2. The number of nitrogens with two attached hydrogens (primary N) is 1. The number of anilines is 1. The Kier molecular flexibility index (Phi) is 2.57. The third-order valence-corrected chi connectivity index (χ3v) is 2.56. The number of carbonyl (C=O) groups is 1.